The molecule has 3 amide bonds. The van der Waals surface area contributed by atoms with Crippen LogP contribution in [0.2, 0.25) is 0 Å². The van der Waals surface area contributed by atoms with E-state index in [9.17, 15) is 9.59 Å². The van der Waals surface area contributed by atoms with Crippen molar-refractivity contribution in [3.8, 4) is 0 Å². The molecule has 0 unspecified atom stereocenters. The van der Waals surface area contributed by atoms with Gasteiger partial charge in [0.1, 0.15) is 5.76 Å². The Hall–Kier alpha value is -2.84. The minimum Gasteiger partial charge on any atom is -0.454 e. The van der Waals surface area contributed by atoms with Crippen LogP contribution in [0.25, 0.3) is 0 Å². The Bertz CT molecular complexity index is 635. The summed E-state index contributed by atoms with van der Waals surface area (Å²) in [5.74, 6) is 0.905. The highest BCUT2D eigenvalue weighted by Crippen LogP contribution is 2.09. The molecule has 9 heteroatoms. The summed E-state index contributed by atoms with van der Waals surface area (Å²) in [6.45, 7) is 0.404. The van der Waals surface area contributed by atoms with Crippen LogP contribution in [0, 0.1) is 0 Å². The lowest BCUT2D eigenvalue weighted by Gasteiger charge is -2.15. The van der Waals surface area contributed by atoms with E-state index in [2.05, 4.69) is 20.0 Å². The SMILES string of the molecule is CN(C)C(=O)c1ccc(CNC(=O)N(C)Cc2ncon2)o1. The molecule has 22 heavy (non-hydrogen) atoms. The van der Waals surface area contributed by atoms with Crippen molar-refractivity contribution in [1.29, 1.82) is 0 Å². The molecule has 9 nitrogen and oxygen atoms in total. The van der Waals surface area contributed by atoms with Crippen molar-refractivity contribution in [3.05, 3.63) is 35.9 Å². The second-order valence-electron chi connectivity index (χ2n) is 4.83. The first-order chi connectivity index (χ1) is 10.5. The minimum atomic E-state index is -0.318. The molecule has 2 aromatic rings. The number of amides is 3. The Morgan fingerprint density at radius 3 is 2.68 bits per heavy atom. The molecule has 0 saturated carbocycles. The Kier molecular flexibility index (Phi) is 4.77. The summed E-state index contributed by atoms with van der Waals surface area (Å²) >= 11 is 0. The summed E-state index contributed by atoms with van der Waals surface area (Å²) < 4.78 is 9.98. The Morgan fingerprint density at radius 2 is 2.05 bits per heavy atom. The molecule has 0 fully saturated rings. The number of hydrogen-bond donors (Lipinski definition) is 1. The van der Waals surface area contributed by atoms with Gasteiger partial charge in [0, 0.05) is 21.1 Å². The molecule has 118 valence electrons. The molecule has 0 aliphatic rings. The first kappa shape index (κ1) is 15.5. The van der Waals surface area contributed by atoms with Gasteiger partial charge in [-0.3, -0.25) is 4.79 Å². The summed E-state index contributed by atoms with van der Waals surface area (Å²) in [6, 6.07) is 2.91. The summed E-state index contributed by atoms with van der Waals surface area (Å²) in [7, 11) is 4.88. The van der Waals surface area contributed by atoms with Gasteiger partial charge in [0.05, 0.1) is 13.1 Å². The summed E-state index contributed by atoms with van der Waals surface area (Å²) in [4.78, 5) is 30.3. The molecule has 2 aromatic heterocycles. The molecular formula is C13H17N5O4. The zero-order valence-electron chi connectivity index (χ0n) is 12.6. The molecule has 1 N–H and O–H groups in total. The molecule has 0 radical (unpaired) electrons. The number of rotatable bonds is 5. The smallest absolute Gasteiger partial charge is 0.317 e. The second-order valence-corrected chi connectivity index (χ2v) is 4.83. The monoisotopic (exact) mass is 307 g/mol. The van der Waals surface area contributed by atoms with Crippen LogP contribution in [0.5, 0.6) is 0 Å². The highest BCUT2D eigenvalue weighted by atomic mass is 16.5. The standard InChI is InChI=1S/C13H17N5O4/c1-17(2)12(19)10-5-4-9(22-10)6-14-13(20)18(3)7-11-15-8-21-16-11/h4-5,8H,6-7H2,1-3H3,(H,14,20). The first-order valence-corrected chi connectivity index (χ1v) is 6.52. The van der Waals surface area contributed by atoms with Crippen LogP contribution in [-0.4, -0.2) is 53.0 Å². The first-order valence-electron chi connectivity index (χ1n) is 6.52. The second kappa shape index (κ2) is 6.74. The van der Waals surface area contributed by atoms with Crippen molar-refractivity contribution in [1.82, 2.24) is 25.3 Å². The number of urea groups is 1. The van der Waals surface area contributed by atoms with Gasteiger partial charge in [-0.15, -0.1) is 0 Å². The molecule has 0 spiro atoms. The average molecular weight is 307 g/mol. The van der Waals surface area contributed by atoms with Crippen molar-refractivity contribution in [3.63, 3.8) is 0 Å². The zero-order valence-corrected chi connectivity index (χ0v) is 12.6. The predicted molar refractivity (Wildman–Crippen MR) is 74.7 cm³/mol. The van der Waals surface area contributed by atoms with Crippen molar-refractivity contribution < 1.29 is 18.5 Å². The van der Waals surface area contributed by atoms with E-state index in [1.54, 1.807) is 33.3 Å². The molecule has 0 atom stereocenters. The van der Waals surface area contributed by atoms with Crippen molar-refractivity contribution in [2.24, 2.45) is 0 Å². The van der Waals surface area contributed by atoms with Crippen LogP contribution in [0.3, 0.4) is 0 Å². The third-order valence-corrected chi connectivity index (χ3v) is 2.82. The number of nitrogens with zero attached hydrogens (tertiary/aromatic N) is 4. The van der Waals surface area contributed by atoms with E-state index in [0.29, 0.717) is 11.6 Å². The van der Waals surface area contributed by atoms with E-state index >= 15 is 0 Å². The van der Waals surface area contributed by atoms with E-state index in [1.807, 2.05) is 0 Å². The van der Waals surface area contributed by atoms with Crippen molar-refractivity contribution in [2.45, 2.75) is 13.1 Å². The van der Waals surface area contributed by atoms with Gasteiger partial charge >= 0.3 is 6.03 Å². The van der Waals surface area contributed by atoms with Crippen LogP contribution in [0.4, 0.5) is 4.79 Å². The van der Waals surface area contributed by atoms with Gasteiger partial charge in [-0.25, -0.2) is 4.79 Å². The minimum absolute atomic E-state index is 0.177. The van der Waals surface area contributed by atoms with Crippen LogP contribution in [0.15, 0.2) is 27.5 Å². The van der Waals surface area contributed by atoms with Gasteiger partial charge in [-0.2, -0.15) is 4.98 Å². The normalized spacial score (nSPS) is 10.3. The fourth-order valence-corrected chi connectivity index (χ4v) is 1.65. The van der Waals surface area contributed by atoms with Gasteiger partial charge in [0.15, 0.2) is 11.6 Å². The predicted octanol–water partition coefficient (Wildman–Crippen LogP) is 0.706. The average Bonchev–Trinajstić information content (AvgIpc) is 3.14. The van der Waals surface area contributed by atoms with Crippen molar-refractivity contribution in [2.75, 3.05) is 21.1 Å². The molecule has 2 heterocycles. The Balaban J connectivity index is 1.84. The van der Waals surface area contributed by atoms with E-state index < -0.39 is 0 Å². The van der Waals surface area contributed by atoms with E-state index in [0.717, 1.165) is 0 Å². The molecular weight excluding hydrogens is 290 g/mol. The molecule has 0 aliphatic heterocycles. The van der Waals surface area contributed by atoms with Crippen molar-refractivity contribution >= 4 is 11.9 Å². The van der Waals surface area contributed by atoms with Crippen LogP contribution >= 0.6 is 0 Å². The molecule has 0 aromatic carbocycles. The van der Waals surface area contributed by atoms with Gasteiger partial charge < -0.3 is 24.1 Å². The van der Waals surface area contributed by atoms with Crippen LogP contribution in [-0.2, 0) is 13.1 Å². The van der Waals surface area contributed by atoms with Crippen LogP contribution in [0.1, 0.15) is 22.1 Å². The number of hydrogen-bond acceptors (Lipinski definition) is 6. The Morgan fingerprint density at radius 1 is 1.27 bits per heavy atom. The van der Waals surface area contributed by atoms with Gasteiger partial charge in [0.25, 0.3) is 5.91 Å². The maximum Gasteiger partial charge on any atom is 0.317 e. The number of carbonyl (C=O) groups is 2. The fraction of sp³-hybridized carbons (Fsp3) is 0.385. The number of aromatic nitrogens is 2. The zero-order chi connectivity index (χ0) is 16.1. The summed E-state index contributed by atoms with van der Waals surface area (Å²) in [5.41, 5.74) is 0. The van der Waals surface area contributed by atoms with E-state index in [-0.39, 0.29) is 30.8 Å². The lowest BCUT2D eigenvalue weighted by molar-refractivity contribution is 0.0794. The largest absolute Gasteiger partial charge is 0.454 e. The van der Waals surface area contributed by atoms with Gasteiger partial charge in [-0.05, 0) is 12.1 Å². The van der Waals surface area contributed by atoms with E-state index in [1.165, 1.54) is 16.2 Å². The maximum absolute atomic E-state index is 11.9. The van der Waals surface area contributed by atoms with E-state index in [4.69, 9.17) is 4.42 Å². The highest BCUT2D eigenvalue weighted by molar-refractivity contribution is 5.91. The third kappa shape index (κ3) is 3.84. The number of furan rings is 1. The summed E-state index contributed by atoms with van der Waals surface area (Å²) in [6.07, 6.45) is 1.20. The molecule has 0 aliphatic carbocycles. The topological polar surface area (TPSA) is 105 Å². The lowest BCUT2D eigenvalue weighted by atomic mass is 10.4. The van der Waals surface area contributed by atoms with Gasteiger partial charge in [-0.1, -0.05) is 5.16 Å². The molecule has 2 rings (SSSR count). The number of carbonyl (C=O) groups excluding carboxylic acids is 2. The fourth-order valence-electron chi connectivity index (χ4n) is 1.65. The molecule has 0 bridgehead atoms. The molecule has 0 saturated heterocycles. The Labute approximate surface area is 126 Å². The quantitative estimate of drug-likeness (QED) is 0.872. The third-order valence-electron chi connectivity index (χ3n) is 2.82. The van der Waals surface area contributed by atoms with Crippen LogP contribution < -0.4 is 5.32 Å². The lowest BCUT2D eigenvalue weighted by Crippen LogP contribution is -2.36. The maximum atomic E-state index is 11.9. The summed E-state index contributed by atoms with van der Waals surface area (Å²) in [5, 5.41) is 6.30. The highest BCUT2D eigenvalue weighted by Gasteiger charge is 2.15. The van der Waals surface area contributed by atoms with Gasteiger partial charge in [0.2, 0.25) is 6.39 Å². The number of nitrogens with one attached hydrogen (secondary N) is 1.